The first-order valence-electron chi connectivity index (χ1n) is 9.98. The standard InChI is InChI=1S/C23H25N3O2/c1-16-5-2-6-17(11-16)20-12-24-25-22(20)18-8-4-10-26(13-18)14-19-7-3-9-21-23(19)28-15-27-21/h2-3,5-7,9,11-12,18H,4,8,10,13-15H2,1H3,(H,24,25). The van der Waals surface area contributed by atoms with E-state index in [1.807, 2.05) is 12.3 Å². The van der Waals surface area contributed by atoms with E-state index in [1.165, 1.54) is 40.8 Å². The second-order valence-corrected chi connectivity index (χ2v) is 7.79. The minimum atomic E-state index is 0.322. The van der Waals surface area contributed by atoms with E-state index in [1.54, 1.807) is 0 Å². The maximum absolute atomic E-state index is 5.69. The molecule has 5 heteroatoms. The van der Waals surface area contributed by atoms with Gasteiger partial charge < -0.3 is 9.47 Å². The Morgan fingerprint density at radius 3 is 3.04 bits per heavy atom. The van der Waals surface area contributed by atoms with Crippen molar-refractivity contribution in [2.24, 2.45) is 0 Å². The monoisotopic (exact) mass is 375 g/mol. The third-order valence-electron chi connectivity index (χ3n) is 5.78. The number of piperidine rings is 1. The van der Waals surface area contributed by atoms with E-state index < -0.39 is 0 Å². The first-order chi connectivity index (χ1) is 13.8. The zero-order chi connectivity index (χ0) is 18.9. The third-order valence-corrected chi connectivity index (χ3v) is 5.78. The Labute approximate surface area is 165 Å². The number of likely N-dealkylation sites (tertiary alicyclic amines) is 1. The highest BCUT2D eigenvalue weighted by molar-refractivity contribution is 5.66. The highest BCUT2D eigenvalue weighted by atomic mass is 16.7. The van der Waals surface area contributed by atoms with E-state index in [2.05, 4.69) is 58.4 Å². The fourth-order valence-corrected chi connectivity index (χ4v) is 4.44. The molecule has 0 spiro atoms. The van der Waals surface area contributed by atoms with Crippen molar-refractivity contribution in [3.05, 3.63) is 65.5 Å². The van der Waals surface area contributed by atoms with Crippen LogP contribution in [-0.4, -0.2) is 35.0 Å². The summed E-state index contributed by atoms with van der Waals surface area (Å²) < 4.78 is 11.2. The molecule has 2 aliphatic heterocycles. The molecule has 2 aliphatic rings. The number of para-hydroxylation sites is 1. The van der Waals surface area contributed by atoms with E-state index in [9.17, 15) is 0 Å². The van der Waals surface area contributed by atoms with Crippen molar-refractivity contribution in [1.82, 2.24) is 15.1 Å². The van der Waals surface area contributed by atoms with Gasteiger partial charge in [0.25, 0.3) is 0 Å². The smallest absolute Gasteiger partial charge is 0.231 e. The maximum atomic E-state index is 5.69. The van der Waals surface area contributed by atoms with Gasteiger partial charge in [0.05, 0.1) is 6.20 Å². The number of fused-ring (bicyclic) bond motifs is 1. The van der Waals surface area contributed by atoms with Crippen LogP contribution < -0.4 is 9.47 Å². The quantitative estimate of drug-likeness (QED) is 0.730. The lowest BCUT2D eigenvalue weighted by atomic mass is 9.90. The van der Waals surface area contributed by atoms with Crippen molar-refractivity contribution in [3.8, 4) is 22.6 Å². The minimum absolute atomic E-state index is 0.322. The number of aryl methyl sites for hydroxylation is 1. The summed E-state index contributed by atoms with van der Waals surface area (Å²) in [5, 5.41) is 7.68. The number of H-pyrrole nitrogens is 1. The Kier molecular flexibility index (Phi) is 4.53. The van der Waals surface area contributed by atoms with Gasteiger partial charge >= 0.3 is 0 Å². The van der Waals surface area contributed by atoms with Gasteiger partial charge in [-0.25, -0.2) is 0 Å². The second kappa shape index (κ2) is 7.32. The van der Waals surface area contributed by atoms with E-state index in [0.29, 0.717) is 12.7 Å². The number of hydrogen-bond acceptors (Lipinski definition) is 4. The summed E-state index contributed by atoms with van der Waals surface area (Å²) in [5.74, 6) is 2.23. The van der Waals surface area contributed by atoms with Crippen LogP contribution in [-0.2, 0) is 6.54 Å². The number of aromatic nitrogens is 2. The molecule has 144 valence electrons. The normalized spacial score (nSPS) is 19.1. The van der Waals surface area contributed by atoms with Gasteiger partial charge in [-0.15, -0.1) is 0 Å². The van der Waals surface area contributed by atoms with Gasteiger partial charge in [-0.3, -0.25) is 10.00 Å². The molecule has 0 radical (unpaired) electrons. The molecular formula is C23H25N3O2. The number of benzene rings is 2. The van der Waals surface area contributed by atoms with Crippen molar-refractivity contribution >= 4 is 0 Å². The van der Waals surface area contributed by atoms with Crippen LogP contribution >= 0.6 is 0 Å². The SMILES string of the molecule is Cc1cccc(-c2cn[nH]c2C2CCCN(Cc3cccc4c3OCO4)C2)c1. The zero-order valence-electron chi connectivity index (χ0n) is 16.1. The summed E-state index contributed by atoms with van der Waals surface area (Å²) in [6, 6.07) is 14.8. The van der Waals surface area contributed by atoms with Crippen LogP contribution in [0, 0.1) is 6.92 Å². The van der Waals surface area contributed by atoms with Gasteiger partial charge in [-0.05, 0) is 37.9 Å². The Balaban J connectivity index is 1.36. The van der Waals surface area contributed by atoms with Crippen LogP contribution in [0.15, 0.2) is 48.7 Å². The molecule has 1 atom stereocenters. The van der Waals surface area contributed by atoms with Crippen molar-refractivity contribution in [1.29, 1.82) is 0 Å². The molecule has 1 fully saturated rings. The minimum Gasteiger partial charge on any atom is -0.454 e. The number of aromatic amines is 1. The molecule has 1 unspecified atom stereocenters. The number of nitrogens with one attached hydrogen (secondary N) is 1. The zero-order valence-corrected chi connectivity index (χ0v) is 16.1. The van der Waals surface area contributed by atoms with Crippen molar-refractivity contribution < 1.29 is 9.47 Å². The van der Waals surface area contributed by atoms with Crippen LogP contribution in [0.4, 0.5) is 0 Å². The van der Waals surface area contributed by atoms with Crippen molar-refractivity contribution in [3.63, 3.8) is 0 Å². The third kappa shape index (κ3) is 3.27. The topological polar surface area (TPSA) is 50.4 Å². The van der Waals surface area contributed by atoms with E-state index >= 15 is 0 Å². The molecule has 0 amide bonds. The molecule has 5 nitrogen and oxygen atoms in total. The molecule has 0 aliphatic carbocycles. The fourth-order valence-electron chi connectivity index (χ4n) is 4.44. The highest BCUT2D eigenvalue weighted by Gasteiger charge is 2.27. The molecule has 3 heterocycles. The molecule has 28 heavy (non-hydrogen) atoms. The van der Waals surface area contributed by atoms with Gasteiger partial charge in [0.2, 0.25) is 6.79 Å². The summed E-state index contributed by atoms with van der Waals surface area (Å²) in [6.07, 6.45) is 4.34. The summed E-state index contributed by atoms with van der Waals surface area (Å²) in [7, 11) is 0. The van der Waals surface area contributed by atoms with Crippen molar-refractivity contribution in [2.45, 2.75) is 32.2 Å². The van der Waals surface area contributed by atoms with Crippen LogP contribution in [0.2, 0.25) is 0 Å². The molecule has 0 bridgehead atoms. The summed E-state index contributed by atoms with van der Waals surface area (Å²) in [6.45, 7) is 5.47. The Morgan fingerprint density at radius 1 is 1.18 bits per heavy atom. The largest absolute Gasteiger partial charge is 0.454 e. The Hall–Kier alpha value is -2.79. The van der Waals surface area contributed by atoms with E-state index in [-0.39, 0.29) is 0 Å². The molecule has 0 saturated carbocycles. The Bertz CT molecular complexity index is 981. The molecule has 1 aromatic heterocycles. The molecule has 5 rings (SSSR count). The number of rotatable bonds is 4. The molecular weight excluding hydrogens is 350 g/mol. The van der Waals surface area contributed by atoms with Crippen LogP contribution in [0.3, 0.4) is 0 Å². The lowest BCUT2D eigenvalue weighted by Crippen LogP contribution is -2.34. The summed E-state index contributed by atoms with van der Waals surface area (Å²) in [5.41, 5.74) is 6.21. The highest BCUT2D eigenvalue weighted by Crippen LogP contribution is 2.38. The van der Waals surface area contributed by atoms with E-state index in [4.69, 9.17) is 9.47 Å². The molecule has 1 N–H and O–H groups in total. The molecule has 2 aromatic carbocycles. The number of ether oxygens (including phenoxy) is 2. The van der Waals surface area contributed by atoms with Crippen LogP contribution in [0.5, 0.6) is 11.5 Å². The first-order valence-corrected chi connectivity index (χ1v) is 9.98. The number of nitrogens with zero attached hydrogens (tertiary/aromatic N) is 2. The lowest BCUT2D eigenvalue weighted by molar-refractivity contribution is 0.169. The average Bonchev–Trinajstić information content (AvgIpc) is 3.38. The van der Waals surface area contributed by atoms with E-state index in [0.717, 1.165) is 31.1 Å². The summed E-state index contributed by atoms with van der Waals surface area (Å²) in [4.78, 5) is 2.52. The van der Waals surface area contributed by atoms with Crippen molar-refractivity contribution in [2.75, 3.05) is 19.9 Å². The molecule has 1 saturated heterocycles. The summed E-state index contributed by atoms with van der Waals surface area (Å²) >= 11 is 0. The Morgan fingerprint density at radius 2 is 2.11 bits per heavy atom. The molecule has 3 aromatic rings. The van der Waals surface area contributed by atoms with Gasteiger partial charge in [-0.2, -0.15) is 5.10 Å². The van der Waals surface area contributed by atoms with Crippen LogP contribution in [0.25, 0.3) is 11.1 Å². The lowest BCUT2D eigenvalue weighted by Gasteiger charge is -2.33. The number of hydrogen-bond donors (Lipinski definition) is 1. The predicted molar refractivity (Wildman–Crippen MR) is 109 cm³/mol. The predicted octanol–water partition coefficient (Wildman–Crippen LogP) is 4.49. The maximum Gasteiger partial charge on any atom is 0.231 e. The fraction of sp³-hybridized carbons (Fsp3) is 0.348. The first kappa shape index (κ1) is 17.3. The van der Waals surface area contributed by atoms with Gasteiger partial charge in [-0.1, -0.05) is 42.0 Å². The van der Waals surface area contributed by atoms with Gasteiger partial charge in [0, 0.05) is 35.8 Å². The second-order valence-electron chi connectivity index (χ2n) is 7.79. The van der Waals surface area contributed by atoms with Gasteiger partial charge in [0.1, 0.15) is 0 Å². The average molecular weight is 375 g/mol. The van der Waals surface area contributed by atoms with Crippen LogP contribution in [0.1, 0.15) is 35.6 Å². The van der Waals surface area contributed by atoms with Gasteiger partial charge in [0.15, 0.2) is 11.5 Å².